The van der Waals surface area contributed by atoms with Gasteiger partial charge in [-0.1, -0.05) is 13.0 Å². The maximum Gasteiger partial charge on any atom is 0.0863 e. The monoisotopic (exact) mass is 265 g/mol. The minimum Gasteiger partial charge on any atom is -0.393 e. The predicted molar refractivity (Wildman–Crippen MR) is 81.9 cm³/mol. The van der Waals surface area contributed by atoms with Gasteiger partial charge in [-0.05, 0) is 51.6 Å². The van der Waals surface area contributed by atoms with Crippen molar-refractivity contribution in [3.63, 3.8) is 0 Å². The van der Waals surface area contributed by atoms with E-state index in [4.69, 9.17) is 0 Å². The Hall–Kier alpha value is -1.16. The number of nitrogens with zero attached hydrogens (tertiary/aromatic N) is 2. The molecule has 1 saturated carbocycles. The van der Waals surface area contributed by atoms with Crippen LogP contribution < -0.4 is 5.32 Å². The van der Waals surface area contributed by atoms with Crippen LogP contribution in [0.4, 0.5) is 0 Å². The molecule has 2 atom stereocenters. The minimum absolute atomic E-state index is 0.131. The van der Waals surface area contributed by atoms with Gasteiger partial charge in [0.2, 0.25) is 0 Å². The second-order valence-corrected chi connectivity index (χ2v) is 5.10. The van der Waals surface area contributed by atoms with Gasteiger partial charge in [-0.25, -0.2) is 0 Å². The third-order valence-electron chi connectivity index (χ3n) is 3.22. The van der Waals surface area contributed by atoms with Gasteiger partial charge in [0.05, 0.1) is 18.5 Å². The molecule has 0 spiro atoms. The summed E-state index contributed by atoms with van der Waals surface area (Å²) in [6, 6.07) is 0.347. The van der Waals surface area contributed by atoms with Crippen LogP contribution in [0.25, 0.3) is 0 Å². The number of aliphatic hydroxyl groups excluding tert-OH is 1. The zero-order valence-electron chi connectivity index (χ0n) is 12.2. The zero-order chi connectivity index (χ0) is 13.9. The van der Waals surface area contributed by atoms with E-state index >= 15 is 0 Å². The van der Waals surface area contributed by atoms with Crippen molar-refractivity contribution in [2.75, 3.05) is 6.54 Å². The van der Waals surface area contributed by atoms with Crippen LogP contribution in [-0.4, -0.2) is 35.8 Å². The second kappa shape index (κ2) is 9.73. The molecule has 0 bridgehead atoms. The number of aliphatic hydroxyl groups is 1. The van der Waals surface area contributed by atoms with E-state index in [9.17, 15) is 5.11 Å². The zero-order valence-corrected chi connectivity index (χ0v) is 12.2. The van der Waals surface area contributed by atoms with E-state index in [0.29, 0.717) is 6.04 Å². The highest BCUT2D eigenvalue weighted by molar-refractivity contribution is 5.82. The van der Waals surface area contributed by atoms with E-state index in [-0.39, 0.29) is 6.10 Å². The van der Waals surface area contributed by atoms with Crippen molar-refractivity contribution >= 4 is 12.1 Å². The highest BCUT2D eigenvalue weighted by atomic mass is 16.3. The SMILES string of the molecule is CCC=CNC=NCCCC(C)=NC1CCC(O)C1. The Morgan fingerprint density at radius 1 is 1.42 bits per heavy atom. The normalized spacial score (nSPS) is 24.7. The smallest absolute Gasteiger partial charge is 0.0863 e. The molecule has 0 aromatic carbocycles. The molecule has 4 heteroatoms. The van der Waals surface area contributed by atoms with Crippen LogP contribution in [0.3, 0.4) is 0 Å². The van der Waals surface area contributed by atoms with Crippen molar-refractivity contribution in [2.45, 2.75) is 64.5 Å². The highest BCUT2D eigenvalue weighted by Gasteiger charge is 2.21. The molecule has 0 aromatic heterocycles. The molecule has 1 fully saturated rings. The first-order valence-corrected chi connectivity index (χ1v) is 7.33. The number of nitrogens with one attached hydrogen (secondary N) is 1. The molecule has 0 saturated heterocycles. The summed E-state index contributed by atoms with van der Waals surface area (Å²) in [6.07, 6.45) is 11.4. The quantitative estimate of drug-likeness (QED) is 0.403. The Morgan fingerprint density at radius 3 is 2.95 bits per heavy atom. The molecular formula is C15H27N3O. The first-order chi connectivity index (χ1) is 9.22. The lowest BCUT2D eigenvalue weighted by Crippen LogP contribution is -2.06. The number of aliphatic imine (C=N–C) groups is 2. The summed E-state index contributed by atoms with van der Waals surface area (Å²) in [5.74, 6) is 0. The molecule has 2 N–H and O–H groups in total. The van der Waals surface area contributed by atoms with Crippen molar-refractivity contribution in [2.24, 2.45) is 9.98 Å². The Labute approximate surface area is 116 Å². The lowest BCUT2D eigenvalue weighted by atomic mass is 10.2. The van der Waals surface area contributed by atoms with Crippen molar-refractivity contribution in [1.82, 2.24) is 5.32 Å². The number of rotatable bonds is 8. The van der Waals surface area contributed by atoms with Gasteiger partial charge in [0, 0.05) is 12.3 Å². The summed E-state index contributed by atoms with van der Waals surface area (Å²) in [7, 11) is 0. The van der Waals surface area contributed by atoms with E-state index in [0.717, 1.165) is 45.1 Å². The Bertz CT molecular complexity index is 323. The highest BCUT2D eigenvalue weighted by Crippen LogP contribution is 2.22. The topological polar surface area (TPSA) is 57.0 Å². The average molecular weight is 265 g/mol. The molecule has 4 nitrogen and oxygen atoms in total. The standard InChI is InChI=1S/C15H27N3O/c1-3-4-9-16-12-17-10-5-6-13(2)18-14-7-8-15(19)11-14/h4,9,12,14-15,19H,3,5-8,10-11H2,1-2H3,(H,16,17). The van der Waals surface area contributed by atoms with E-state index in [1.165, 1.54) is 5.71 Å². The first-order valence-electron chi connectivity index (χ1n) is 7.33. The summed E-state index contributed by atoms with van der Waals surface area (Å²) in [6.45, 7) is 5.00. The molecule has 1 aliphatic rings. The Morgan fingerprint density at radius 2 is 2.26 bits per heavy atom. The molecular weight excluding hydrogens is 238 g/mol. The number of hydrogen-bond acceptors (Lipinski definition) is 3. The third-order valence-corrected chi connectivity index (χ3v) is 3.22. The minimum atomic E-state index is -0.131. The maximum absolute atomic E-state index is 9.45. The molecule has 1 rings (SSSR count). The van der Waals surface area contributed by atoms with Gasteiger partial charge in [-0.3, -0.25) is 9.98 Å². The molecule has 2 unspecified atom stereocenters. The molecule has 0 heterocycles. The van der Waals surface area contributed by atoms with Crippen LogP contribution in [0.15, 0.2) is 22.3 Å². The predicted octanol–water partition coefficient (Wildman–Crippen LogP) is 2.68. The fourth-order valence-electron chi connectivity index (χ4n) is 2.20. The van der Waals surface area contributed by atoms with Crippen LogP contribution in [0.1, 0.15) is 52.4 Å². The van der Waals surface area contributed by atoms with E-state index in [1.54, 1.807) is 6.34 Å². The van der Waals surface area contributed by atoms with Crippen LogP contribution in [-0.2, 0) is 0 Å². The molecule has 0 amide bonds. The van der Waals surface area contributed by atoms with Gasteiger partial charge in [0.25, 0.3) is 0 Å². The number of hydrogen-bond donors (Lipinski definition) is 2. The van der Waals surface area contributed by atoms with Crippen molar-refractivity contribution in [1.29, 1.82) is 0 Å². The fraction of sp³-hybridized carbons (Fsp3) is 0.733. The molecule has 19 heavy (non-hydrogen) atoms. The summed E-state index contributed by atoms with van der Waals surface area (Å²) in [5.41, 5.74) is 1.19. The van der Waals surface area contributed by atoms with E-state index in [1.807, 2.05) is 6.20 Å². The number of allylic oxidation sites excluding steroid dienone is 1. The van der Waals surface area contributed by atoms with Gasteiger partial charge in [0.1, 0.15) is 0 Å². The molecule has 0 aromatic rings. The van der Waals surface area contributed by atoms with Gasteiger partial charge in [-0.15, -0.1) is 0 Å². The summed E-state index contributed by atoms with van der Waals surface area (Å²) < 4.78 is 0. The van der Waals surface area contributed by atoms with Crippen molar-refractivity contribution in [3.8, 4) is 0 Å². The summed E-state index contributed by atoms with van der Waals surface area (Å²) >= 11 is 0. The lowest BCUT2D eigenvalue weighted by molar-refractivity contribution is 0.181. The second-order valence-electron chi connectivity index (χ2n) is 5.10. The largest absolute Gasteiger partial charge is 0.393 e. The van der Waals surface area contributed by atoms with Crippen LogP contribution in [0.5, 0.6) is 0 Å². The first kappa shape index (κ1) is 15.9. The van der Waals surface area contributed by atoms with E-state index in [2.05, 4.69) is 35.2 Å². The molecule has 108 valence electrons. The van der Waals surface area contributed by atoms with Crippen LogP contribution in [0.2, 0.25) is 0 Å². The van der Waals surface area contributed by atoms with Gasteiger partial charge < -0.3 is 10.4 Å². The van der Waals surface area contributed by atoms with Gasteiger partial charge in [0.15, 0.2) is 0 Å². The summed E-state index contributed by atoms with van der Waals surface area (Å²) in [5, 5.41) is 12.5. The Balaban J connectivity index is 2.08. The van der Waals surface area contributed by atoms with Gasteiger partial charge in [-0.2, -0.15) is 0 Å². The fourth-order valence-corrected chi connectivity index (χ4v) is 2.20. The van der Waals surface area contributed by atoms with Crippen molar-refractivity contribution in [3.05, 3.63) is 12.3 Å². The van der Waals surface area contributed by atoms with Crippen LogP contribution in [0, 0.1) is 0 Å². The molecule has 1 aliphatic carbocycles. The maximum atomic E-state index is 9.45. The third kappa shape index (κ3) is 7.78. The van der Waals surface area contributed by atoms with Crippen LogP contribution >= 0.6 is 0 Å². The Kier molecular flexibility index (Phi) is 8.14. The summed E-state index contributed by atoms with van der Waals surface area (Å²) in [4.78, 5) is 8.94. The molecule has 0 aliphatic heterocycles. The lowest BCUT2D eigenvalue weighted by Gasteiger charge is -2.05. The van der Waals surface area contributed by atoms with Crippen molar-refractivity contribution < 1.29 is 5.11 Å². The van der Waals surface area contributed by atoms with Gasteiger partial charge >= 0.3 is 0 Å². The average Bonchev–Trinajstić information content (AvgIpc) is 2.78. The molecule has 0 radical (unpaired) electrons. The van der Waals surface area contributed by atoms with E-state index < -0.39 is 0 Å².